The van der Waals surface area contributed by atoms with Gasteiger partial charge in [0.25, 0.3) is 0 Å². The smallest absolute Gasteiger partial charge is 0.240 e. The molecule has 0 aromatic heterocycles. The summed E-state index contributed by atoms with van der Waals surface area (Å²) in [5, 5.41) is 5.99. The van der Waals surface area contributed by atoms with E-state index in [1.807, 2.05) is 20.8 Å². The van der Waals surface area contributed by atoms with E-state index in [2.05, 4.69) is 15.6 Å². The van der Waals surface area contributed by atoms with Crippen molar-refractivity contribution in [3.05, 3.63) is 29.3 Å². The predicted molar refractivity (Wildman–Crippen MR) is 91.4 cm³/mol. The molecule has 0 spiro atoms. The molecule has 0 aliphatic carbocycles. The van der Waals surface area contributed by atoms with Gasteiger partial charge in [0.05, 0.1) is 16.2 Å². The molecule has 2 amide bonds. The number of aliphatic imine (C=N–C) groups is 1. The number of hydrogen-bond acceptors (Lipinski definition) is 4. The Kier molecular flexibility index (Phi) is 5.13. The molecule has 1 atom stereocenters. The third-order valence-electron chi connectivity index (χ3n) is 2.73. The van der Waals surface area contributed by atoms with Crippen LogP contribution in [-0.4, -0.2) is 27.8 Å². The van der Waals surface area contributed by atoms with Crippen molar-refractivity contribution >= 4 is 46.0 Å². The molecule has 22 heavy (non-hydrogen) atoms. The molecule has 1 saturated heterocycles. The highest BCUT2D eigenvalue weighted by Crippen LogP contribution is 2.26. The highest BCUT2D eigenvalue weighted by Gasteiger charge is 2.32. The van der Waals surface area contributed by atoms with Gasteiger partial charge in [0.15, 0.2) is 5.17 Å². The van der Waals surface area contributed by atoms with E-state index in [0.29, 0.717) is 15.9 Å². The van der Waals surface area contributed by atoms with Crippen LogP contribution in [0.15, 0.2) is 29.3 Å². The maximum Gasteiger partial charge on any atom is 0.240 e. The molecule has 1 aromatic rings. The van der Waals surface area contributed by atoms with Gasteiger partial charge in [-0.15, -0.1) is 0 Å². The number of nitrogens with zero attached hydrogens (tertiary/aromatic N) is 1. The van der Waals surface area contributed by atoms with E-state index in [-0.39, 0.29) is 23.8 Å². The Bertz CT molecular complexity index is 625. The SMILES string of the molecule is CC(C)(C)N=C1NC(=O)[C@@H](CC(=O)Nc2ccccc2Cl)S1. The Morgan fingerprint density at radius 1 is 1.41 bits per heavy atom. The molecule has 0 bridgehead atoms. The van der Waals surface area contributed by atoms with Crippen LogP contribution in [0, 0.1) is 0 Å². The van der Waals surface area contributed by atoms with Crippen LogP contribution < -0.4 is 10.6 Å². The molecule has 5 nitrogen and oxygen atoms in total. The molecule has 1 aliphatic heterocycles. The number of anilines is 1. The van der Waals surface area contributed by atoms with Crippen LogP contribution >= 0.6 is 23.4 Å². The van der Waals surface area contributed by atoms with Crippen molar-refractivity contribution in [2.75, 3.05) is 5.32 Å². The summed E-state index contributed by atoms with van der Waals surface area (Å²) in [5.41, 5.74) is 0.269. The Hall–Kier alpha value is -1.53. The minimum atomic E-state index is -0.469. The van der Waals surface area contributed by atoms with Gasteiger partial charge in [-0.05, 0) is 32.9 Å². The molecular formula is C15H18ClN3O2S. The van der Waals surface area contributed by atoms with Gasteiger partial charge in [-0.2, -0.15) is 0 Å². The zero-order chi connectivity index (χ0) is 16.3. The summed E-state index contributed by atoms with van der Waals surface area (Å²) in [6, 6.07) is 6.98. The summed E-state index contributed by atoms with van der Waals surface area (Å²) >= 11 is 7.28. The minimum absolute atomic E-state index is 0.0743. The molecule has 1 aromatic carbocycles. The summed E-state index contributed by atoms with van der Waals surface area (Å²) < 4.78 is 0. The van der Waals surface area contributed by atoms with Gasteiger partial charge in [-0.3, -0.25) is 14.6 Å². The fourth-order valence-electron chi connectivity index (χ4n) is 1.83. The van der Waals surface area contributed by atoms with E-state index >= 15 is 0 Å². The quantitative estimate of drug-likeness (QED) is 0.889. The van der Waals surface area contributed by atoms with Gasteiger partial charge in [0.2, 0.25) is 11.8 Å². The number of thioether (sulfide) groups is 1. The van der Waals surface area contributed by atoms with Crippen LogP contribution in [0.1, 0.15) is 27.2 Å². The number of amides is 2. The molecule has 1 aliphatic rings. The monoisotopic (exact) mass is 339 g/mol. The van der Waals surface area contributed by atoms with Crippen molar-refractivity contribution < 1.29 is 9.59 Å². The second-order valence-electron chi connectivity index (χ2n) is 5.92. The van der Waals surface area contributed by atoms with Gasteiger partial charge in [-0.1, -0.05) is 35.5 Å². The van der Waals surface area contributed by atoms with Crippen molar-refractivity contribution in [3.8, 4) is 0 Å². The number of hydrogen-bond donors (Lipinski definition) is 2. The number of rotatable bonds is 3. The molecular weight excluding hydrogens is 322 g/mol. The number of para-hydroxylation sites is 1. The summed E-state index contributed by atoms with van der Waals surface area (Å²) in [7, 11) is 0. The number of amidine groups is 1. The lowest BCUT2D eigenvalue weighted by atomic mass is 10.1. The summed E-state index contributed by atoms with van der Waals surface area (Å²) in [5.74, 6) is -0.444. The standard InChI is InChI=1S/C15H18ClN3O2S/c1-15(2,3)19-14-18-13(21)11(22-14)8-12(20)17-10-7-5-4-6-9(10)16/h4-7,11H,8H2,1-3H3,(H,17,20)(H,18,19,21)/t11-/m1/s1. The molecule has 0 radical (unpaired) electrons. The van der Waals surface area contributed by atoms with Gasteiger partial charge >= 0.3 is 0 Å². The molecule has 0 saturated carbocycles. The Morgan fingerprint density at radius 3 is 2.73 bits per heavy atom. The van der Waals surface area contributed by atoms with Crippen LogP contribution in [-0.2, 0) is 9.59 Å². The summed E-state index contributed by atoms with van der Waals surface area (Å²) in [6.45, 7) is 5.85. The molecule has 2 N–H and O–H groups in total. The average molecular weight is 340 g/mol. The normalized spacial score (nSPS) is 20.1. The number of benzene rings is 1. The van der Waals surface area contributed by atoms with Crippen LogP contribution in [0.25, 0.3) is 0 Å². The van der Waals surface area contributed by atoms with E-state index in [1.54, 1.807) is 24.3 Å². The van der Waals surface area contributed by atoms with E-state index in [4.69, 9.17) is 11.6 Å². The molecule has 1 heterocycles. The third-order valence-corrected chi connectivity index (χ3v) is 4.14. The van der Waals surface area contributed by atoms with Gasteiger partial charge in [0.1, 0.15) is 5.25 Å². The zero-order valence-corrected chi connectivity index (χ0v) is 14.2. The molecule has 7 heteroatoms. The third kappa shape index (κ3) is 4.74. The zero-order valence-electron chi connectivity index (χ0n) is 12.6. The van der Waals surface area contributed by atoms with E-state index in [9.17, 15) is 9.59 Å². The van der Waals surface area contributed by atoms with E-state index < -0.39 is 5.25 Å². The second-order valence-corrected chi connectivity index (χ2v) is 7.51. The number of nitrogens with one attached hydrogen (secondary N) is 2. The number of carbonyl (C=O) groups is 2. The maximum atomic E-state index is 12.1. The van der Waals surface area contributed by atoms with Crippen molar-refractivity contribution in [2.45, 2.75) is 38.0 Å². The summed E-state index contributed by atoms with van der Waals surface area (Å²) in [4.78, 5) is 28.4. The highest BCUT2D eigenvalue weighted by atomic mass is 35.5. The van der Waals surface area contributed by atoms with Gasteiger partial charge in [-0.25, -0.2) is 0 Å². The lowest BCUT2D eigenvalue weighted by Gasteiger charge is -2.12. The van der Waals surface area contributed by atoms with Crippen LogP contribution in [0.3, 0.4) is 0 Å². The molecule has 118 valence electrons. The van der Waals surface area contributed by atoms with E-state index in [0.717, 1.165) is 0 Å². The first-order valence-electron chi connectivity index (χ1n) is 6.86. The predicted octanol–water partition coefficient (Wildman–Crippen LogP) is 3.05. The second kappa shape index (κ2) is 6.71. The molecule has 2 rings (SSSR count). The van der Waals surface area contributed by atoms with Crippen LogP contribution in [0.4, 0.5) is 5.69 Å². The van der Waals surface area contributed by atoms with Gasteiger partial charge < -0.3 is 10.6 Å². The maximum absolute atomic E-state index is 12.1. The van der Waals surface area contributed by atoms with Gasteiger partial charge in [0, 0.05) is 6.42 Å². The Labute approximate surface area is 138 Å². The molecule has 1 fully saturated rings. The first-order valence-corrected chi connectivity index (χ1v) is 8.12. The fraction of sp³-hybridized carbons (Fsp3) is 0.400. The Balaban J connectivity index is 1.97. The number of carbonyl (C=O) groups excluding carboxylic acids is 2. The van der Waals surface area contributed by atoms with Crippen LogP contribution in [0.2, 0.25) is 5.02 Å². The first kappa shape index (κ1) is 16.8. The largest absolute Gasteiger partial charge is 0.325 e. The van der Waals surface area contributed by atoms with Crippen molar-refractivity contribution in [3.63, 3.8) is 0 Å². The summed E-state index contributed by atoms with van der Waals surface area (Å²) in [6.07, 6.45) is 0.0743. The van der Waals surface area contributed by atoms with Crippen molar-refractivity contribution in [1.29, 1.82) is 0 Å². The topological polar surface area (TPSA) is 70.6 Å². The van der Waals surface area contributed by atoms with E-state index in [1.165, 1.54) is 11.8 Å². The lowest BCUT2D eigenvalue weighted by Crippen LogP contribution is -2.28. The Morgan fingerprint density at radius 2 is 2.09 bits per heavy atom. The number of halogens is 1. The van der Waals surface area contributed by atoms with Crippen molar-refractivity contribution in [2.24, 2.45) is 4.99 Å². The minimum Gasteiger partial charge on any atom is -0.325 e. The van der Waals surface area contributed by atoms with Crippen molar-refractivity contribution in [1.82, 2.24) is 5.32 Å². The van der Waals surface area contributed by atoms with Crippen LogP contribution in [0.5, 0.6) is 0 Å². The molecule has 0 unspecified atom stereocenters. The highest BCUT2D eigenvalue weighted by molar-refractivity contribution is 8.15. The average Bonchev–Trinajstić information content (AvgIpc) is 2.70. The fourth-order valence-corrected chi connectivity index (χ4v) is 3.17. The first-order chi connectivity index (χ1) is 10.2. The lowest BCUT2D eigenvalue weighted by molar-refractivity contribution is -0.122.